The second-order valence-corrected chi connectivity index (χ2v) is 10.3. The summed E-state index contributed by atoms with van der Waals surface area (Å²) in [5, 5.41) is 0. The number of pyridine rings is 1. The van der Waals surface area contributed by atoms with Crippen molar-refractivity contribution in [3.8, 4) is 5.75 Å². The molecular formula is C30H30F4N4O3. The standard InChI is InChI=1S/C30H30F4N4O3/c1-2-38(30(40)41-23-7-4-21(31)5-8-23)27-18-37(17-24(27)20-3-9-25(33)26(34)15-20)29(39)19-11-13-36(14-12-19)28-10-6-22(32)16-35-28/h3-10,15-16,19,24,27H,2,11-14,17-18H2,1H3/t24?,27-/m1/s1. The minimum Gasteiger partial charge on any atom is -0.410 e. The molecule has 2 saturated heterocycles. The van der Waals surface area contributed by atoms with Crippen LogP contribution in [0.4, 0.5) is 28.2 Å². The molecule has 1 unspecified atom stereocenters. The maximum Gasteiger partial charge on any atom is 0.415 e. The fourth-order valence-corrected chi connectivity index (χ4v) is 5.68. The van der Waals surface area contributed by atoms with Gasteiger partial charge in [0.2, 0.25) is 5.91 Å². The van der Waals surface area contributed by atoms with Gasteiger partial charge in [0.25, 0.3) is 0 Å². The van der Waals surface area contributed by atoms with Gasteiger partial charge in [0.1, 0.15) is 23.2 Å². The van der Waals surface area contributed by atoms with Gasteiger partial charge in [-0.05, 0) is 73.9 Å². The van der Waals surface area contributed by atoms with Crippen molar-refractivity contribution >= 4 is 17.8 Å². The normalized spacial score (nSPS) is 19.3. The number of benzene rings is 2. The van der Waals surface area contributed by atoms with Crippen LogP contribution < -0.4 is 9.64 Å². The Kier molecular flexibility index (Phi) is 8.41. The Bertz CT molecular complexity index is 1380. The van der Waals surface area contributed by atoms with Crippen molar-refractivity contribution in [2.45, 2.75) is 31.7 Å². The van der Waals surface area contributed by atoms with Gasteiger partial charge in [-0.15, -0.1) is 0 Å². The predicted molar refractivity (Wildman–Crippen MR) is 143 cm³/mol. The first-order chi connectivity index (χ1) is 19.7. The van der Waals surface area contributed by atoms with E-state index >= 15 is 0 Å². The first-order valence-corrected chi connectivity index (χ1v) is 13.6. The van der Waals surface area contributed by atoms with Crippen molar-refractivity contribution in [3.63, 3.8) is 0 Å². The number of amides is 2. The molecule has 2 aliphatic rings. The molecule has 0 N–H and O–H groups in total. The molecule has 2 amide bonds. The number of halogens is 4. The smallest absolute Gasteiger partial charge is 0.410 e. The average Bonchev–Trinajstić information content (AvgIpc) is 3.41. The minimum absolute atomic E-state index is 0.0743. The second-order valence-electron chi connectivity index (χ2n) is 10.3. The molecular weight excluding hydrogens is 540 g/mol. The number of ether oxygens (including phenoxy) is 1. The summed E-state index contributed by atoms with van der Waals surface area (Å²) < 4.78 is 60.1. The van der Waals surface area contributed by atoms with Crippen LogP contribution in [-0.4, -0.2) is 65.5 Å². The second kappa shape index (κ2) is 12.2. The summed E-state index contributed by atoms with van der Waals surface area (Å²) in [6, 6.07) is 11.0. The number of likely N-dealkylation sites (tertiary alicyclic amines) is 1. The summed E-state index contributed by atoms with van der Waals surface area (Å²) in [6.07, 6.45) is 1.61. The Morgan fingerprint density at radius 3 is 2.27 bits per heavy atom. The number of likely N-dealkylation sites (N-methyl/N-ethyl adjacent to an activating group) is 1. The number of carbonyl (C=O) groups is 2. The van der Waals surface area contributed by atoms with Gasteiger partial charge in [-0.2, -0.15) is 0 Å². The van der Waals surface area contributed by atoms with Crippen LogP contribution in [0.3, 0.4) is 0 Å². The number of rotatable bonds is 6. The third kappa shape index (κ3) is 6.28. The molecule has 41 heavy (non-hydrogen) atoms. The monoisotopic (exact) mass is 570 g/mol. The van der Waals surface area contributed by atoms with Crippen LogP contribution in [0.15, 0.2) is 60.8 Å². The SMILES string of the molecule is CCN(C(=O)Oc1ccc(F)cc1)[C@@H]1CN(C(=O)C2CCN(c3ccc(F)cn3)CC2)CC1c1ccc(F)c(F)c1. The molecule has 11 heteroatoms. The van der Waals surface area contributed by atoms with Crippen LogP contribution in [-0.2, 0) is 4.79 Å². The molecule has 5 rings (SSSR count). The first-order valence-electron chi connectivity index (χ1n) is 13.6. The maximum absolute atomic E-state index is 14.2. The van der Waals surface area contributed by atoms with Crippen LogP contribution in [0.25, 0.3) is 0 Å². The lowest BCUT2D eigenvalue weighted by molar-refractivity contribution is -0.135. The molecule has 0 aliphatic carbocycles. The van der Waals surface area contributed by atoms with E-state index in [0.29, 0.717) is 37.3 Å². The van der Waals surface area contributed by atoms with Crippen molar-refractivity contribution < 1.29 is 31.9 Å². The Hall–Kier alpha value is -4.15. The molecule has 216 valence electrons. The van der Waals surface area contributed by atoms with Gasteiger partial charge in [-0.3, -0.25) is 4.79 Å². The summed E-state index contributed by atoms with van der Waals surface area (Å²) in [5.74, 6) is -2.90. The van der Waals surface area contributed by atoms with E-state index in [1.54, 1.807) is 17.9 Å². The van der Waals surface area contributed by atoms with E-state index in [1.165, 1.54) is 41.3 Å². The van der Waals surface area contributed by atoms with Crippen molar-refractivity contribution in [3.05, 3.63) is 89.6 Å². The van der Waals surface area contributed by atoms with E-state index in [1.807, 2.05) is 4.90 Å². The van der Waals surface area contributed by atoms with Crippen LogP contribution in [0.5, 0.6) is 5.75 Å². The highest BCUT2D eigenvalue weighted by molar-refractivity contribution is 5.80. The first kappa shape index (κ1) is 28.4. The lowest BCUT2D eigenvalue weighted by Crippen LogP contribution is -2.47. The van der Waals surface area contributed by atoms with Gasteiger partial charge >= 0.3 is 6.09 Å². The van der Waals surface area contributed by atoms with Crippen molar-refractivity contribution in [1.82, 2.24) is 14.8 Å². The zero-order valence-corrected chi connectivity index (χ0v) is 22.5. The Balaban J connectivity index is 1.33. The summed E-state index contributed by atoms with van der Waals surface area (Å²) in [5.41, 5.74) is 0.467. The van der Waals surface area contributed by atoms with Gasteiger partial charge in [-0.25, -0.2) is 27.3 Å². The highest BCUT2D eigenvalue weighted by Gasteiger charge is 2.43. The molecule has 2 aromatic carbocycles. The van der Waals surface area contributed by atoms with E-state index < -0.39 is 41.3 Å². The number of carbonyl (C=O) groups excluding carboxylic acids is 2. The van der Waals surface area contributed by atoms with Crippen LogP contribution >= 0.6 is 0 Å². The average molecular weight is 571 g/mol. The minimum atomic E-state index is -1.01. The van der Waals surface area contributed by atoms with E-state index in [4.69, 9.17) is 4.74 Å². The zero-order chi connectivity index (χ0) is 29.1. The number of anilines is 1. The molecule has 7 nitrogen and oxygen atoms in total. The lowest BCUT2D eigenvalue weighted by atomic mass is 9.93. The van der Waals surface area contributed by atoms with Crippen LogP contribution in [0.1, 0.15) is 31.2 Å². The highest BCUT2D eigenvalue weighted by Crippen LogP contribution is 2.35. The van der Waals surface area contributed by atoms with E-state index in [2.05, 4.69) is 4.98 Å². The predicted octanol–water partition coefficient (Wildman–Crippen LogP) is 5.37. The molecule has 0 radical (unpaired) electrons. The van der Waals surface area contributed by atoms with Gasteiger partial charge in [-0.1, -0.05) is 6.07 Å². The number of hydrogen-bond acceptors (Lipinski definition) is 5. The molecule has 0 saturated carbocycles. The number of hydrogen-bond donors (Lipinski definition) is 0. The fourth-order valence-electron chi connectivity index (χ4n) is 5.68. The number of aromatic nitrogens is 1. The highest BCUT2D eigenvalue weighted by atomic mass is 19.2. The summed E-state index contributed by atoms with van der Waals surface area (Å²) in [6.45, 7) is 3.55. The van der Waals surface area contributed by atoms with Crippen LogP contribution in [0, 0.1) is 29.2 Å². The molecule has 0 spiro atoms. The van der Waals surface area contributed by atoms with Crippen LogP contribution in [0.2, 0.25) is 0 Å². The van der Waals surface area contributed by atoms with Gasteiger partial charge in [0.05, 0.1) is 12.2 Å². The van der Waals surface area contributed by atoms with Crippen molar-refractivity contribution in [1.29, 1.82) is 0 Å². The van der Waals surface area contributed by atoms with E-state index in [9.17, 15) is 27.2 Å². The van der Waals surface area contributed by atoms with Gasteiger partial charge in [0, 0.05) is 44.6 Å². The Morgan fingerprint density at radius 2 is 1.63 bits per heavy atom. The number of nitrogens with zero attached hydrogens (tertiary/aromatic N) is 4. The zero-order valence-electron chi connectivity index (χ0n) is 22.5. The molecule has 3 heterocycles. The maximum atomic E-state index is 14.2. The molecule has 2 fully saturated rings. The molecule has 2 atom stereocenters. The molecule has 1 aromatic heterocycles. The molecule has 3 aromatic rings. The molecule has 2 aliphatic heterocycles. The summed E-state index contributed by atoms with van der Waals surface area (Å²) in [7, 11) is 0. The largest absolute Gasteiger partial charge is 0.415 e. The number of piperidine rings is 1. The Labute approximate surface area is 235 Å². The topological polar surface area (TPSA) is 66.0 Å². The Morgan fingerprint density at radius 1 is 0.927 bits per heavy atom. The van der Waals surface area contributed by atoms with E-state index in [0.717, 1.165) is 18.3 Å². The summed E-state index contributed by atoms with van der Waals surface area (Å²) in [4.78, 5) is 36.2. The quantitative estimate of drug-likeness (QED) is 0.373. The van der Waals surface area contributed by atoms with E-state index in [-0.39, 0.29) is 37.2 Å². The van der Waals surface area contributed by atoms with Gasteiger partial charge in [0.15, 0.2) is 11.6 Å². The lowest BCUT2D eigenvalue weighted by Gasteiger charge is -2.34. The van der Waals surface area contributed by atoms with Crippen molar-refractivity contribution in [2.24, 2.45) is 5.92 Å². The fraction of sp³-hybridized carbons (Fsp3) is 0.367. The van der Waals surface area contributed by atoms with Crippen molar-refractivity contribution in [2.75, 3.05) is 37.6 Å². The third-order valence-electron chi connectivity index (χ3n) is 7.85. The van der Waals surface area contributed by atoms with Gasteiger partial charge < -0.3 is 19.4 Å². The molecule has 0 bridgehead atoms. The summed E-state index contributed by atoms with van der Waals surface area (Å²) >= 11 is 0. The third-order valence-corrected chi connectivity index (χ3v) is 7.85.